The molecule has 0 aliphatic rings. The molecule has 0 aliphatic heterocycles. The monoisotopic (exact) mass is 1410 g/mol. The lowest BCUT2D eigenvalue weighted by Crippen LogP contribution is -2.18. The Morgan fingerprint density at radius 2 is 0.472 bits per heavy atom. The van der Waals surface area contributed by atoms with E-state index < -0.39 is 35.8 Å². The fourth-order valence-electron chi connectivity index (χ4n) is 11.3. The molecule has 0 saturated heterocycles. The molecule has 0 atom stereocenters. The van der Waals surface area contributed by atoms with Crippen LogP contribution in [-0.2, 0) is 24.7 Å². The van der Waals surface area contributed by atoms with E-state index >= 15 is 0 Å². The lowest BCUT2D eigenvalue weighted by Gasteiger charge is -2.26. The molecule has 0 bridgehead atoms. The van der Waals surface area contributed by atoms with Gasteiger partial charge in [-0.05, 0) is 216 Å². The number of hydrogen-bond acceptors (Lipinski definition) is 16. The average Bonchev–Trinajstić information content (AvgIpc) is 0.803. The molecule has 0 spiro atoms. The van der Waals surface area contributed by atoms with Crippen molar-refractivity contribution in [3.8, 4) is 46.0 Å². The Morgan fingerprint density at radius 1 is 0.245 bits per heavy atom. The second kappa shape index (κ2) is 34.4. The summed E-state index contributed by atoms with van der Waals surface area (Å²) in [6.45, 7) is 7.19. The standard InChI is InChI=1S/C46H38O8.C44H34O8/c1-30(47)33-9-11-34(12-10-33)43(48)52-40-21-5-31(6-22-40)29-32-7-23-41(24-8-32)53-44(49)35-13-15-36(16-14-35)45(50)54-42-27-19-38(20-28-42)46(2,3)37-17-25-39(51-4)26-18-37;1-29(45)31-17-19-32(20-18-31)42(46)51-40-13-7-4-10-36(40)28-37-11-5-8-14-41(37)52-44(48)34-23-21-33(22-24-34)43(47)50-39-12-6-3-9-35(39)27-30-15-25-38(49-2)26-16-30/h5-28H,29H2,1-4H3;3-26H,27-28H2,1-2H3. The zero-order valence-corrected chi connectivity index (χ0v) is 58.9. The quantitative estimate of drug-likeness (QED) is 0.0313. The van der Waals surface area contributed by atoms with Gasteiger partial charge in [0.2, 0.25) is 0 Å². The predicted octanol–water partition coefficient (Wildman–Crippen LogP) is 18.2. The largest absolute Gasteiger partial charge is 0.497 e. The van der Waals surface area contributed by atoms with E-state index in [1.54, 1.807) is 136 Å². The molecule has 0 aromatic heterocycles. The summed E-state index contributed by atoms with van der Waals surface area (Å²) < 4.78 is 44.5. The highest BCUT2D eigenvalue weighted by molar-refractivity contribution is 5.99. The number of carbonyl (C=O) groups excluding carboxylic acids is 8. The van der Waals surface area contributed by atoms with Gasteiger partial charge in [0.05, 0.1) is 47.6 Å². The number of rotatable bonds is 24. The number of benzene rings is 12. The Balaban J connectivity index is 0.000000212. The van der Waals surface area contributed by atoms with Crippen molar-refractivity contribution >= 4 is 47.4 Å². The summed E-state index contributed by atoms with van der Waals surface area (Å²) in [5.74, 6) is 0.394. The zero-order valence-electron chi connectivity index (χ0n) is 58.9. The van der Waals surface area contributed by atoms with Gasteiger partial charge in [-0.15, -0.1) is 0 Å². The highest BCUT2D eigenvalue weighted by Gasteiger charge is 2.25. The van der Waals surface area contributed by atoms with E-state index in [0.717, 1.165) is 44.9 Å². The first-order valence-electron chi connectivity index (χ1n) is 33.8. The molecule has 0 heterocycles. The first-order valence-corrected chi connectivity index (χ1v) is 33.8. The minimum absolute atomic E-state index is 0.0742. The van der Waals surface area contributed by atoms with E-state index in [1.165, 1.54) is 62.4 Å². The Morgan fingerprint density at radius 3 is 0.755 bits per heavy atom. The van der Waals surface area contributed by atoms with Crippen LogP contribution < -0.4 is 37.9 Å². The van der Waals surface area contributed by atoms with Crippen molar-refractivity contribution in [2.45, 2.75) is 52.4 Å². The molecule has 0 N–H and O–H groups in total. The van der Waals surface area contributed by atoms with E-state index in [0.29, 0.717) is 92.7 Å². The second-order valence-corrected chi connectivity index (χ2v) is 25.1. The molecule has 0 amide bonds. The molecule has 16 heteroatoms. The van der Waals surface area contributed by atoms with Crippen molar-refractivity contribution in [3.63, 3.8) is 0 Å². The summed E-state index contributed by atoms with van der Waals surface area (Å²) in [5, 5.41) is 0. The molecule has 0 aliphatic carbocycles. The van der Waals surface area contributed by atoms with E-state index in [9.17, 15) is 38.4 Å². The van der Waals surface area contributed by atoms with Crippen molar-refractivity contribution in [1.82, 2.24) is 0 Å². The number of hydrogen-bond donors (Lipinski definition) is 0. The number of ether oxygens (including phenoxy) is 8. The van der Waals surface area contributed by atoms with Crippen molar-refractivity contribution < 1.29 is 76.3 Å². The Bertz CT molecular complexity index is 5120. The normalized spacial score (nSPS) is 10.8. The van der Waals surface area contributed by atoms with Crippen molar-refractivity contribution in [2.75, 3.05) is 14.2 Å². The summed E-state index contributed by atoms with van der Waals surface area (Å²) in [7, 11) is 3.26. The van der Waals surface area contributed by atoms with E-state index in [2.05, 4.69) is 13.8 Å². The van der Waals surface area contributed by atoms with Gasteiger partial charge in [0.15, 0.2) is 11.6 Å². The smallest absolute Gasteiger partial charge is 0.343 e. The van der Waals surface area contributed by atoms with Gasteiger partial charge in [0.25, 0.3) is 0 Å². The molecule has 528 valence electrons. The van der Waals surface area contributed by atoms with Gasteiger partial charge in [0.1, 0.15) is 46.0 Å². The molecule has 0 radical (unpaired) electrons. The summed E-state index contributed by atoms with van der Waals surface area (Å²) >= 11 is 0. The summed E-state index contributed by atoms with van der Waals surface area (Å²) in [5.41, 5.74) is 9.97. The molecule has 0 unspecified atom stereocenters. The van der Waals surface area contributed by atoms with Gasteiger partial charge < -0.3 is 37.9 Å². The van der Waals surface area contributed by atoms with Crippen molar-refractivity contribution in [3.05, 3.63) is 380 Å². The first-order chi connectivity index (χ1) is 51.2. The van der Waals surface area contributed by atoms with Gasteiger partial charge in [-0.2, -0.15) is 0 Å². The number of methoxy groups -OCH3 is 2. The third-order valence-electron chi connectivity index (χ3n) is 17.5. The summed E-state index contributed by atoms with van der Waals surface area (Å²) in [6.07, 6.45) is 1.48. The maximum atomic E-state index is 13.2. The lowest BCUT2D eigenvalue weighted by molar-refractivity contribution is 0.0719. The van der Waals surface area contributed by atoms with Crippen LogP contribution in [0.15, 0.2) is 291 Å². The van der Waals surface area contributed by atoms with E-state index in [1.807, 2.05) is 121 Å². The number of Topliss-reactive ketones (excluding diaryl/α,β-unsaturated/α-hetero) is 2. The van der Waals surface area contributed by atoms with Gasteiger partial charge in [-0.3, -0.25) is 9.59 Å². The van der Waals surface area contributed by atoms with Crippen LogP contribution in [0, 0.1) is 0 Å². The fourth-order valence-corrected chi connectivity index (χ4v) is 11.3. The fraction of sp³-hybridized carbons (Fsp3) is 0.111. The highest BCUT2D eigenvalue weighted by atomic mass is 16.6. The number of esters is 6. The Labute approximate surface area is 613 Å². The van der Waals surface area contributed by atoms with E-state index in [4.69, 9.17) is 37.9 Å². The van der Waals surface area contributed by atoms with Crippen molar-refractivity contribution in [1.29, 1.82) is 0 Å². The molecule has 106 heavy (non-hydrogen) atoms. The van der Waals surface area contributed by atoms with Crippen LogP contribution in [0.4, 0.5) is 0 Å². The molecule has 0 fully saturated rings. The van der Waals surface area contributed by atoms with Crippen LogP contribution in [0.1, 0.15) is 155 Å². The van der Waals surface area contributed by atoms with Gasteiger partial charge >= 0.3 is 35.8 Å². The molecule has 16 nitrogen and oxygen atoms in total. The average molecular weight is 1410 g/mol. The van der Waals surface area contributed by atoms with E-state index in [-0.39, 0.29) is 33.7 Å². The maximum Gasteiger partial charge on any atom is 0.343 e. The SMILES string of the molecule is COc1ccc(C(C)(C)c2ccc(OC(=O)c3ccc(C(=O)Oc4ccc(Cc5ccc(OC(=O)c6ccc(C(C)=O)cc6)cc5)cc4)cc3)cc2)cc1.COc1ccc(Cc2ccccc2OC(=O)c2ccc(C(=O)Oc3ccccc3Cc3ccccc3OC(=O)c3ccc(C(C)=O)cc3)cc2)cc1. The third kappa shape index (κ3) is 19.3. The summed E-state index contributed by atoms with van der Waals surface area (Å²) in [4.78, 5) is 101. The number of carbonyl (C=O) groups is 8. The Kier molecular flexibility index (Phi) is 23.9. The van der Waals surface area contributed by atoms with Crippen LogP contribution in [0.2, 0.25) is 0 Å². The van der Waals surface area contributed by atoms with Gasteiger partial charge in [0, 0.05) is 29.4 Å². The molecule has 12 rings (SSSR count). The minimum atomic E-state index is -0.606. The zero-order chi connectivity index (χ0) is 74.7. The number of para-hydroxylation sites is 3. The van der Waals surface area contributed by atoms with Crippen LogP contribution in [0.3, 0.4) is 0 Å². The van der Waals surface area contributed by atoms with Crippen LogP contribution in [0.25, 0.3) is 0 Å². The maximum absolute atomic E-state index is 13.2. The highest BCUT2D eigenvalue weighted by Crippen LogP contribution is 2.35. The molecular weight excluding hydrogens is 1340 g/mol. The molecule has 12 aromatic rings. The van der Waals surface area contributed by atoms with Gasteiger partial charge in [-0.1, -0.05) is 153 Å². The molecular formula is C90H72O16. The van der Waals surface area contributed by atoms with Crippen LogP contribution >= 0.6 is 0 Å². The number of ketones is 2. The first kappa shape index (κ1) is 73.6. The summed E-state index contributed by atoms with van der Waals surface area (Å²) in [6, 6.07) is 83.8. The minimum Gasteiger partial charge on any atom is -0.497 e. The van der Waals surface area contributed by atoms with Crippen LogP contribution in [0.5, 0.6) is 46.0 Å². The Hall–Kier alpha value is -13.6. The molecule has 0 saturated carbocycles. The van der Waals surface area contributed by atoms with Crippen LogP contribution in [-0.4, -0.2) is 61.6 Å². The predicted molar refractivity (Wildman–Crippen MR) is 401 cm³/mol. The lowest BCUT2D eigenvalue weighted by atomic mass is 9.78. The van der Waals surface area contributed by atoms with Crippen molar-refractivity contribution in [2.24, 2.45) is 0 Å². The molecule has 12 aromatic carbocycles. The third-order valence-corrected chi connectivity index (χ3v) is 17.5. The second-order valence-electron chi connectivity index (χ2n) is 25.1. The van der Waals surface area contributed by atoms with Gasteiger partial charge in [-0.25, -0.2) is 28.8 Å². The topological polar surface area (TPSA) is 210 Å².